The third kappa shape index (κ3) is 3.89. The highest BCUT2D eigenvalue weighted by atomic mass is 32.2. The summed E-state index contributed by atoms with van der Waals surface area (Å²) in [6, 6.07) is 14.5. The van der Waals surface area contributed by atoms with Crippen molar-refractivity contribution in [2.45, 2.75) is 4.90 Å². The highest BCUT2D eigenvalue weighted by molar-refractivity contribution is 7.98. The van der Waals surface area contributed by atoms with Gasteiger partial charge in [-0.25, -0.2) is 4.39 Å². The SMILES string of the molecule is CSc1ccccc1NCCOc1ccccc1F. The van der Waals surface area contributed by atoms with E-state index in [2.05, 4.69) is 11.4 Å². The third-order valence-electron chi connectivity index (χ3n) is 2.62. The summed E-state index contributed by atoms with van der Waals surface area (Å²) in [6.45, 7) is 1.05. The van der Waals surface area contributed by atoms with Crippen LogP contribution >= 0.6 is 11.8 Å². The molecule has 0 bridgehead atoms. The van der Waals surface area contributed by atoms with Crippen molar-refractivity contribution in [3.8, 4) is 5.75 Å². The van der Waals surface area contributed by atoms with Crippen LogP contribution in [-0.2, 0) is 0 Å². The van der Waals surface area contributed by atoms with Crippen molar-refractivity contribution in [1.29, 1.82) is 0 Å². The van der Waals surface area contributed by atoms with Crippen LogP contribution in [0.15, 0.2) is 53.4 Å². The van der Waals surface area contributed by atoms with Crippen molar-refractivity contribution in [2.75, 3.05) is 24.7 Å². The van der Waals surface area contributed by atoms with Crippen LogP contribution in [0.25, 0.3) is 0 Å². The van der Waals surface area contributed by atoms with Crippen molar-refractivity contribution in [3.05, 3.63) is 54.3 Å². The lowest BCUT2D eigenvalue weighted by molar-refractivity contribution is 0.315. The van der Waals surface area contributed by atoms with Crippen molar-refractivity contribution in [2.24, 2.45) is 0 Å². The van der Waals surface area contributed by atoms with Gasteiger partial charge in [0.2, 0.25) is 0 Å². The number of hydrogen-bond donors (Lipinski definition) is 1. The van der Waals surface area contributed by atoms with Gasteiger partial charge in [0.1, 0.15) is 6.61 Å². The molecule has 0 radical (unpaired) electrons. The molecule has 0 fully saturated rings. The first-order valence-corrected chi connectivity index (χ1v) is 7.28. The summed E-state index contributed by atoms with van der Waals surface area (Å²) in [5, 5.41) is 3.29. The average Bonchev–Trinajstić information content (AvgIpc) is 2.45. The largest absolute Gasteiger partial charge is 0.489 e. The molecule has 2 rings (SSSR count). The normalized spacial score (nSPS) is 10.2. The van der Waals surface area contributed by atoms with E-state index in [-0.39, 0.29) is 5.82 Å². The van der Waals surface area contributed by atoms with Crippen molar-refractivity contribution in [1.82, 2.24) is 0 Å². The van der Waals surface area contributed by atoms with E-state index >= 15 is 0 Å². The molecule has 0 aliphatic heterocycles. The summed E-state index contributed by atoms with van der Waals surface area (Å²) in [5.74, 6) is -0.0329. The molecule has 0 heterocycles. The van der Waals surface area contributed by atoms with Gasteiger partial charge in [-0.05, 0) is 30.5 Å². The Balaban J connectivity index is 1.83. The van der Waals surface area contributed by atoms with E-state index in [0.29, 0.717) is 18.9 Å². The van der Waals surface area contributed by atoms with Gasteiger partial charge in [0.25, 0.3) is 0 Å². The van der Waals surface area contributed by atoms with Crippen molar-refractivity contribution < 1.29 is 9.13 Å². The first-order valence-electron chi connectivity index (χ1n) is 6.05. The van der Waals surface area contributed by atoms with E-state index in [1.807, 2.05) is 24.5 Å². The van der Waals surface area contributed by atoms with Gasteiger partial charge in [0, 0.05) is 17.1 Å². The molecule has 0 aliphatic carbocycles. The number of halogens is 1. The summed E-state index contributed by atoms with van der Waals surface area (Å²) in [4.78, 5) is 1.19. The minimum Gasteiger partial charge on any atom is -0.489 e. The summed E-state index contributed by atoms with van der Waals surface area (Å²) in [5.41, 5.74) is 1.08. The molecule has 0 saturated heterocycles. The van der Waals surface area contributed by atoms with E-state index in [9.17, 15) is 4.39 Å². The van der Waals surface area contributed by atoms with Crippen LogP contribution in [0, 0.1) is 5.82 Å². The first kappa shape index (κ1) is 13.7. The second kappa shape index (κ2) is 7.04. The maximum atomic E-state index is 13.3. The van der Waals surface area contributed by atoms with Crippen LogP contribution in [0.4, 0.5) is 10.1 Å². The molecule has 0 amide bonds. The number of hydrogen-bond acceptors (Lipinski definition) is 3. The quantitative estimate of drug-likeness (QED) is 0.636. The minimum atomic E-state index is -0.327. The predicted molar refractivity (Wildman–Crippen MR) is 78.6 cm³/mol. The topological polar surface area (TPSA) is 21.3 Å². The summed E-state index contributed by atoms with van der Waals surface area (Å²) in [6.07, 6.45) is 2.04. The number of ether oxygens (including phenoxy) is 1. The zero-order valence-electron chi connectivity index (χ0n) is 10.7. The van der Waals surface area contributed by atoms with Gasteiger partial charge in [-0.1, -0.05) is 24.3 Å². The molecule has 0 aromatic heterocycles. The van der Waals surface area contributed by atoms with Crippen molar-refractivity contribution in [3.63, 3.8) is 0 Å². The Kier molecular flexibility index (Phi) is 5.10. The minimum absolute atomic E-state index is 0.294. The molecule has 100 valence electrons. The highest BCUT2D eigenvalue weighted by Crippen LogP contribution is 2.24. The Labute approximate surface area is 117 Å². The molecular formula is C15H16FNOS. The fourth-order valence-corrected chi connectivity index (χ4v) is 2.27. The number of para-hydroxylation sites is 2. The number of anilines is 1. The zero-order chi connectivity index (χ0) is 13.5. The van der Waals surface area contributed by atoms with Crippen molar-refractivity contribution >= 4 is 17.4 Å². The predicted octanol–water partition coefficient (Wildman–Crippen LogP) is 4.04. The van der Waals surface area contributed by atoms with Gasteiger partial charge in [-0.3, -0.25) is 0 Å². The maximum absolute atomic E-state index is 13.3. The Bertz CT molecular complexity index is 533. The molecule has 2 aromatic rings. The first-order chi connectivity index (χ1) is 9.31. The second-order valence-corrected chi connectivity index (χ2v) is 4.75. The second-order valence-electron chi connectivity index (χ2n) is 3.91. The number of nitrogens with one attached hydrogen (secondary N) is 1. The molecule has 0 atom stereocenters. The molecule has 1 N–H and O–H groups in total. The smallest absolute Gasteiger partial charge is 0.165 e. The van der Waals surface area contributed by atoms with Gasteiger partial charge in [-0.2, -0.15) is 0 Å². The van der Waals surface area contributed by atoms with Gasteiger partial charge in [0.05, 0.1) is 0 Å². The van der Waals surface area contributed by atoms with Gasteiger partial charge < -0.3 is 10.1 Å². The number of benzene rings is 2. The molecule has 2 nitrogen and oxygen atoms in total. The Morgan fingerprint density at radius 1 is 1.11 bits per heavy atom. The molecular weight excluding hydrogens is 261 g/mol. The molecule has 19 heavy (non-hydrogen) atoms. The van der Waals surface area contributed by atoms with Gasteiger partial charge >= 0.3 is 0 Å². The van der Waals surface area contributed by atoms with Crippen LogP contribution in [0.3, 0.4) is 0 Å². The lowest BCUT2D eigenvalue weighted by Crippen LogP contribution is -2.12. The highest BCUT2D eigenvalue weighted by Gasteiger charge is 2.02. The molecule has 4 heteroatoms. The molecule has 0 spiro atoms. The standard InChI is InChI=1S/C15H16FNOS/c1-19-15-9-5-3-7-13(15)17-10-11-18-14-8-4-2-6-12(14)16/h2-9,17H,10-11H2,1H3. The van der Waals surface area contributed by atoms with E-state index in [1.165, 1.54) is 11.0 Å². The number of thioether (sulfide) groups is 1. The molecule has 2 aromatic carbocycles. The summed E-state index contributed by atoms with van der Waals surface area (Å²) >= 11 is 1.69. The fourth-order valence-electron chi connectivity index (χ4n) is 1.70. The summed E-state index contributed by atoms with van der Waals surface area (Å²) < 4.78 is 18.7. The summed E-state index contributed by atoms with van der Waals surface area (Å²) in [7, 11) is 0. The lowest BCUT2D eigenvalue weighted by Gasteiger charge is -2.11. The van der Waals surface area contributed by atoms with Crippen LogP contribution in [0.2, 0.25) is 0 Å². The number of rotatable bonds is 6. The van der Waals surface area contributed by atoms with E-state index in [4.69, 9.17) is 4.74 Å². The van der Waals surface area contributed by atoms with Crippen LogP contribution in [0.5, 0.6) is 5.75 Å². The van der Waals surface area contributed by atoms with E-state index in [0.717, 1.165) is 5.69 Å². The molecule has 0 saturated carbocycles. The molecule has 0 aliphatic rings. The van der Waals surface area contributed by atoms with E-state index in [1.54, 1.807) is 30.0 Å². The molecule has 0 unspecified atom stereocenters. The fraction of sp³-hybridized carbons (Fsp3) is 0.200. The third-order valence-corrected chi connectivity index (χ3v) is 3.41. The Morgan fingerprint density at radius 2 is 1.84 bits per heavy atom. The van der Waals surface area contributed by atoms with E-state index < -0.39 is 0 Å². The Morgan fingerprint density at radius 3 is 2.63 bits per heavy atom. The maximum Gasteiger partial charge on any atom is 0.165 e. The van der Waals surface area contributed by atoms with Crippen LogP contribution in [-0.4, -0.2) is 19.4 Å². The average molecular weight is 277 g/mol. The monoisotopic (exact) mass is 277 g/mol. The lowest BCUT2D eigenvalue weighted by atomic mass is 10.3. The van der Waals surface area contributed by atoms with Crippen LogP contribution in [0.1, 0.15) is 0 Å². The Hall–Kier alpha value is -1.68. The zero-order valence-corrected chi connectivity index (χ0v) is 11.5. The van der Waals surface area contributed by atoms with Crippen LogP contribution < -0.4 is 10.1 Å². The van der Waals surface area contributed by atoms with Gasteiger partial charge in [0.15, 0.2) is 11.6 Å². The van der Waals surface area contributed by atoms with Gasteiger partial charge in [-0.15, -0.1) is 11.8 Å².